The van der Waals surface area contributed by atoms with E-state index in [0.29, 0.717) is 0 Å². The molecule has 0 saturated heterocycles. The minimum Gasteiger partial charge on any atom is -0.481 e. The lowest BCUT2D eigenvalue weighted by Crippen LogP contribution is -1.92. The molecule has 3 heteroatoms. The Morgan fingerprint density at radius 3 is 1.73 bits per heavy atom. The Hall–Kier alpha value is -0.570. The van der Waals surface area contributed by atoms with E-state index in [4.69, 9.17) is 14.6 Å². The van der Waals surface area contributed by atoms with Gasteiger partial charge in [0.15, 0.2) is 0 Å². The van der Waals surface area contributed by atoms with Gasteiger partial charge in [0.25, 0.3) is 5.97 Å². The van der Waals surface area contributed by atoms with Gasteiger partial charge in [-0.05, 0) is 12.8 Å². The van der Waals surface area contributed by atoms with Crippen LogP contribution in [0.4, 0.5) is 0 Å². The van der Waals surface area contributed by atoms with E-state index in [1.165, 1.54) is 0 Å². The van der Waals surface area contributed by atoms with E-state index in [9.17, 15) is 0 Å². The number of aliphatic carboxylic acids is 1. The lowest BCUT2D eigenvalue weighted by atomic mass is 10.5. The summed E-state index contributed by atoms with van der Waals surface area (Å²) in [5.74, 6) is -0.833. The summed E-state index contributed by atoms with van der Waals surface area (Å²) in [6.45, 7) is 7.17. The molecule has 0 aromatic rings. The van der Waals surface area contributed by atoms with Gasteiger partial charge in [0.1, 0.15) is 0 Å². The van der Waals surface area contributed by atoms with Crippen molar-refractivity contribution in [3.8, 4) is 0 Å². The molecule has 0 bridgehead atoms. The molecular weight excluding hydrogens is 144 g/mol. The van der Waals surface area contributed by atoms with Gasteiger partial charge in [-0.1, -0.05) is 13.8 Å². The zero-order valence-corrected chi connectivity index (χ0v) is 7.59. The summed E-state index contributed by atoms with van der Waals surface area (Å²) in [7, 11) is 0. The maximum Gasteiger partial charge on any atom is 0.300 e. The van der Waals surface area contributed by atoms with Gasteiger partial charge in [0.05, 0.1) is 0 Å². The molecule has 0 rings (SSSR count). The van der Waals surface area contributed by atoms with Crippen LogP contribution in [0.25, 0.3) is 0 Å². The maximum absolute atomic E-state index is 9.00. The van der Waals surface area contributed by atoms with Gasteiger partial charge in [0.2, 0.25) is 0 Å². The molecule has 0 radical (unpaired) electrons. The SMILES string of the molecule is CC(=O)O.CCCOCCC. The molecule has 0 aliphatic carbocycles. The Balaban J connectivity index is 0. The van der Waals surface area contributed by atoms with Crippen LogP contribution in [0.2, 0.25) is 0 Å². The molecule has 0 aliphatic rings. The van der Waals surface area contributed by atoms with Crippen LogP contribution in [0.1, 0.15) is 33.6 Å². The third-order valence-electron chi connectivity index (χ3n) is 0.697. The molecule has 0 amide bonds. The third kappa shape index (κ3) is 44.2. The van der Waals surface area contributed by atoms with Crippen molar-refractivity contribution in [3.05, 3.63) is 0 Å². The molecular formula is C8H18O3. The third-order valence-corrected chi connectivity index (χ3v) is 0.697. The molecule has 0 unspecified atom stereocenters. The first kappa shape index (κ1) is 13.1. The molecule has 11 heavy (non-hydrogen) atoms. The second kappa shape index (κ2) is 12.1. The van der Waals surface area contributed by atoms with Crippen LogP contribution in [0, 0.1) is 0 Å². The number of hydrogen-bond donors (Lipinski definition) is 1. The van der Waals surface area contributed by atoms with Gasteiger partial charge >= 0.3 is 0 Å². The van der Waals surface area contributed by atoms with Crippen molar-refractivity contribution in [1.29, 1.82) is 0 Å². The number of hydrogen-bond acceptors (Lipinski definition) is 2. The number of carboxylic acid groups (broad SMARTS) is 1. The second-order valence-electron chi connectivity index (χ2n) is 2.13. The van der Waals surface area contributed by atoms with Crippen molar-refractivity contribution >= 4 is 5.97 Å². The minimum atomic E-state index is -0.833. The molecule has 0 spiro atoms. The van der Waals surface area contributed by atoms with Crippen molar-refractivity contribution in [2.75, 3.05) is 13.2 Å². The molecule has 0 aliphatic heterocycles. The fourth-order valence-electron chi connectivity index (χ4n) is 0.391. The number of rotatable bonds is 4. The normalized spacial score (nSPS) is 8.27. The molecule has 0 aromatic carbocycles. The van der Waals surface area contributed by atoms with Crippen molar-refractivity contribution in [1.82, 2.24) is 0 Å². The number of carboxylic acids is 1. The highest BCUT2D eigenvalue weighted by Gasteiger charge is 1.77. The summed E-state index contributed by atoms with van der Waals surface area (Å²) in [6.07, 6.45) is 2.28. The van der Waals surface area contributed by atoms with Gasteiger partial charge in [-0.3, -0.25) is 4.79 Å². The summed E-state index contributed by atoms with van der Waals surface area (Å²) in [5, 5.41) is 7.42. The van der Waals surface area contributed by atoms with Crippen molar-refractivity contribution in [2.45, 2.75) is 33.6 Å². The Kier molecular flexibility index (Phi) is 14.4. The zero-order chi connectivity index (χ0) is 9.11. The smallest absolute Gasteiger partial charge is 0.300 e. The highest BCUT2D eigenvalue weighted by Crippen LogP contribution is 1.81. The van der Waals surface area contributed by atoms with E-state index in [-0.39, 0.29) is 0 Å². The Labute approximate surface area is 68.4 Å². The van der Waals surface area contributed by atoms with Crippen LogP contribution in [0.5, 0.6) is 0 Å². The Morgan fingerprint density at radius 1 is 1.27 bits per heavy atom. The quantitative estimate of drug-likeness (QED) is 0.642. The van der Waals surface area contributed by atoms with Gasteiger partial charge in [-0.2, -0.15) is 0 Å². The van der Waals surface area contributed by atoms with Crippen LogP contribution >= 0.6 is 0 Å². The van der Waals surface area contributed by atoms with Crippen molar-refractivity contribution in [2.24, 2.45) is 0 Å². The highest BCUT2D eigenvalue weighted by atomic mass is 16.5. The predicted octanol–water partition coefficient (Wildman–Crippen LogP) is 1.91. The fraction of sp³-hybridized carbons (Fsp3) is 0.875. The van der Waals surface area contributed by atoms with Gasteiger partial charge in [-0.25, -0.2) is 0 Å². The van der Waals surface area contributed by atoms with Crippen LogP contribution in [0.3, 0.4) is 0 Å². The van der Waals surface area contributed by atoms with E-state index >= 15 is 0 Å². The van der Waals surface area contributed by atoms with Crippen LogP contribution in [-0.4, -0.2) is 24.3 Å². The highest BCUT2D eigenvalue weighted by molar-refractivity contribution is 5.62. The monoisotopic (exact) mass is 162 g/mol. The van der Waals surface area contributed by atoms with Gasteiger partial charge in [0, 0.05) is 20.1 Å². The molecule has 0 aromatic heterocycles. The first-order valence-corrected chi connectivity index (χ1v) is 3.92. The maximum atomic E-state index is 9.00. The standard InChI is InChI=1S/C6H14O.C2H4O2/c1-3-5-7-6-4-2;1-2(3)4/h3-6H2,1-2H3;1H3,(H,3,4). The largest absolute Gasteiger partial charge is 0.481 e. The van der Waals surface area contributed by atoms with E-state index in [2.05, 4.69) is 13.8 Å². The molecule has 0 heterocycles. The summed E-state index contributed by atoms with van der Waals surface area (Å²) in [4.78, 5) is 9.00. The van der Waals surface area contributed by atoms with Gasteiger partial charge in [-0.15, -0.1) is 0 Å². The van der Waals surface area contributed by atoms with Crippen LogP contribution in [-0.2, 0) is 9.53 Å². The Morgan fingerprint density at radius 2 is 1.55 bits per heavy atom. The minimum absolute atomic E-state index is 0.833. The van der Waals surface area contributed by atoms with Crippen molar-refractivity contribution in [3.63, 3.8) is 0 Å². The van der Waals surface area contributed by atoms with E-state index in [1.54, 1.807) is 0 Å². The molecule has 0 saturated carbocycles. The number of carbonyl (C=O) groups is 1. The first-order chi connectivity index (χ1) is 5.15. The van der Waals surface area contributed by atoms with Gasteiger partial charge < -0.3 is 9.84 Å². The lowest BCUT2D eigenvalue weighted by Gasteiger charge is -1.95. The lowest BCUT2D eigenvalue weighted by molar-refractivity contribution is -0.134. The molecule has 0 atom stereocenters. The van der Waals surface area contributed by atoms with Crippen molar-refractivity contribution < 1.29 is 14.6 Å². The van der Waals surface area contributed by atoms with Crippen LogP contribution in [0.15, 0.2) is 0 Å². The molecule has 68 valence electrons. The molecule has 1 N–H and O–H groups in total. The Bertz CT molecular complexity index is 73.4. The molecule has 0 fully saturated rings. The predicted molar refractivity (Wildman–Crippen MR) is 44.7 cm³/mol. The molecule has 3 nitrogen and oxygen atoms in total. The summed E-state index contributed by atoms with van der Waals surface area (Å²) in [5.41, 5.74) is 0. The second-order valence-corrected chi connectivity index (χ2v) is 2.13. The summed E-state index contributed by atoms with van der Waals surface area (Å²) < 4.78 is 5.13. The van der Waals surface area contributed by atoms with E-state index < -0.39 is 5.97 Å². The fourth-order valence-corrected chi connectivity index (χ4v) is 0.391. The average Bonchev–Trinajstić information content (AvgIpc) is 1.88. The van der Waals surface area contributed by atoms with E-state index in [1.807, 2.05) is 0 Å². The topological polar surface area (TPSA) is 46.5 Å². The summed E-state index contributed by atoms with van der Waals surface area (Å²) >= 11 is 0. The average molecular weight is 162 g/mol. The first-order valence-electron chi connectivity index (χ1n) is 3.92. The summed E-state index contributed by atoms with van der Waals surface area (Å²) in [6, 6.07) is 0. The van der Waals surface area contributed by atoms with E-state index in [0.717, 1.165) is 33.0 Å². The number of ether oxygens (including phenoxy) is 1. The van der Waals surface area contributed by atoms with Crippen LogP contribution < -0.4 is 0 Å². The zero-order valence-electron chi connectivity index (χ0n) is 7.59.